The van der Waals surface area contributed by atoms with Crippen LogP contribution in [-0.2, 0) is 43.4 Å². The van der Waals surface area contributed by atoms with Gasteiger partial charge in [-0.15, -0.1) is 13.2 Å². The number of carbonyl (C=O) groups is 4. The number of nitrogens with zero attached hydrogens (tertiary/aromatic N) is 1. The van der Waals surface area contributed by atoms with Crippen molar-refractivity contribution < 1.29 is 33.8 Å². The van der Waals surface area contributed by atoms with Gasteiger partial charge in [0.2, 0.25) is 11.8 Å². The summed E-state index contributed by atoms with van der Waals surface area (Å²) in [5.41, 5.74) is 2.81. The number of amides is 3. The molecule has 3 aromatic carbocycles. The van der Waals surface area contributed by atoms with Gasteiger partial charge in [0.25, 0.3) is 0 Å². The molecule has 3 rings (SSSR count). The standard InChI is InChI=1S/C42H53N3O7/c1-3-16-36(29-39(47)45(26-27-46)30-34-20-10-6-11-21-34)40(48)44-38(24-14-15-25-43-42(50)52-31-35-22-12-7-13-23-35)32-51-41(49)37(17-4-2)28-33-18-8-5-9-19-33/h3-13,18-23,36-38,46H,1-2,14-17,24-32H2,(H,43,50)(H,44,48)/t36-,37-,38+/m1/s1. The van der Waals surface area contributed by atoms with Crippen LogP contribution in [0.5, 0.6) is 0 Å². The van der Waals surface area contributed by atoms with Crippen molar-refractivity contribution in [3.63, 3.8) is 0 Å². The summed E-state index contributed by atoms with van der Waals surface area (Å²) in [6, 6.07) is 28.0. The third kappa shape index (κ3) is 15.8. The molecule has 0 bridgehead atoms. The second-order valence-corrected chi connectivity index (χ2v) is 12.7. The van der Waals surface area contributed by atoms with E-state index in [2.05, 4.69) is 23.8 Å². The summed E-state index contributed by atoms with van der Waals surface area (Å²) < 4.78 is 11.1. The van der Waals surface area contributed by atoms with Crippen molar-refractivity contribution in [1.29, 1.82) is 0 Å². The number of rotatable bonds is 24. The Kier molecular flexibility index (Phi) is 19.1. The van der Waals surface area contributed by atoms with Gasteiger partial charge in [0, 0.05) is 26.1 Å². The van der Waals surface area contributed by atoms with Gasteiger partial charge in [0.05, 0.1) is 24.5 Å². The van der Waals surface area contributed by atoms with E-state index in [0.29, 0.717) is 45.2 Å². The molecule has 10 nitrogen and oxygen atoms in total. The Morgan fingerprint density at radius 2 is 1.37 bits per heavy atom. The molecule has 52 heavy (non-hydrogen) atoms. The van der Waals surface area contributed by atoms with E-state index in [1.807, 2.05) is 91.0 Å². The molecule has 0 saturated carbocycles. The van der Waals surface area contributed by atoms with E-state index in [-0.39, 0.29) is 57.0 Å². The SMILES string of the molecule is C=CC[C@H](CC(=O)N(CCO)Cc1ccccc1)C(=O)N[C@@H](CCCCNC(=O)OCc1ccccc1)COC(=O)[C@H](CC=C)Cc1ccccc1. The summed E-state index contributed by atoms with van der Waals surface area (Å²) in [6.45, 7) is 8.32. The lowest BCUT2D eigenvalue weighted by Gasteiger charge is -2.26. The molecular weight excluding hydrogens is 658 g/mol. The number of aliphatic hydroxyl groups excluding tert-OH is 1. The number of benzene rings is 3. The van der Waals surface area contributed by atoms with E-state index < -0.39 is 24.0 Å². The van der Waals surface area contributed by atoms with Crippen LogP contribution in [0.3, 0.4) is 0 Å². The number of ether oxygens (including phenoxy) is 2. The molecule has 0 saturated heterocycles. The number of alkyl carbamates (subject to hydrolysis) is 1. The minimum atomic E-state index is -0.715. The summed E-state index contributed by atoms with van der Waals surface area (Å²) in [5.74, 6) is -2.15. The minimum Gasteiger partial charge on any atom is -0.463 e. The van der Waals surface area contributed by atoms with Crippen LogP contribution in [0.4, 0.5) is 4.79 Å². The van der Waals surface area contributed by atoms with Gasteiger partial charge in [-0.2, -0.15) is 0 Å². The van der Waals surface area contributed by atoms with Crippen LogP contribution >= 0.6 is 0 Å². The Morgan fingerprint density at radius 3 is 1.98 bits per heavy atom. The summed E-state index contributed by atoms with van der Waals surface area (Å²) in [4.78, 5) is 54.1. The number of hydrogen-bond donors (Lipinski definition) is 3. The normalized spacial score (nSPS) is 12.4. The smallest absolute Gasteiger partial charge is 0.407 e. The molecule has 3 amide bonds. The lowest BCUT2D eigenvalue weighted by atomic mass is 9.96. The van der Waals surface area contributed by atoms with E-state index in [4.69, 9.17) is 9.47 Å². The average molecular weight is 712 g/mol. The van der Waals surface area contributed by atoms with E-state index in [0.717, 1.165) is 16.7 Å². The number of hydrogen-bond acceptors (Lipinski definition) is 7. The van der Waals surface area contributed by atoms with Crippen LogP contribution < -0.4 is 10.6 Å². The Hall–Kier alpha value is -5.22. The maximum atomic E-state index is 13.7. The van der Waals surface area contributed by atoms with Crippen molar-refractivity contribution in [2.45, 2.75) is 64.1 Å². The summed E-state index contributed by atoms with van der Waals surface area (Å²) in [7, 11) is 0. The Bertz CT molecular complexity index is 1520. The largest absolute Gasteiger partial charge is 0.463 e. The van der Waals surface area contributed by atoms with E-state index in [1.165, 1.54) is 0 Å². The lowest BCUT2D eigenvalue weighted by Crippen LogP contribution is -2.44. The molecule has 0 fully saturated rings. The van der Waals surface area contributed by atoms with Crippen molar-refractivity contribution in [3.05, 3.63) is 133 Å². The number of unbranched alkanes of at least 4 members (excludes halogenated alkanes) is 1. The predicted octanol–water partition coefficient (Wildman–Crippen LogP) is 6.15. The van der Waals surface area contributed by atoms with Crippen LogP contribution in [0.2, 0.25) is 0 Å². The summed E-state index contributed by atoms with van der Waals surface area (Å²) in [5, 5.41) is 15.4. The Balaban J connectivity index is 1.62. The molecule has 3 N–H and O–H groups in total. The van der Waals surface area contributed by atoms with Crippen molar-refractivity contribution in [3.8, 4) is 0 Å². The number of esters is 1. The first-order valence-corrected chi connectivity index (χ1v) is 17.9. The third-order valence-corrected chi connectivity index (χ3v) is 8.53. The fourth-order valence-corrected chi connectivity index (χ4v) is 5.70. The van der Waals surface area contributed by atoms with Gasteiger partial charge in [0.1, 0.15) is 13.2 Å². The van der Waals surface area contributed by atoms with Gasteiger partial charge in [-0.1, -0.05) is 103 Å². The Labute approximate surface area is 307 Å². The van der Waals surface area contributed by atoms with Gasteiger partial charge in [-0.25, -0.2) is 4.79 Å². The highest BCUT2D eigenvalue weighted by molar-refractivity contribution is 5.86. The van der Waals surface area contributed by atoms with Crippen LogP contribution in [0.1, 0.15) is 55.2 Å². The average Bonchev–Trinajstić information content (AvgIpc) is 3.16. The summed E-state index contributed by atoms with van der Waals surface area (Å²) >= 11 is 0. The van der Waals surface area contributed by atoms with Crippen LogP contribution in [-0.4, -0.2) is 66.2 Å². The first kappa shape index (κ1) is 41.2. The number of carbonyl (C=O) groups excluding carboxylic acids is 4. The van der Waals surface area contributed by atoms with E-state index in [9.17, 15) is 24.3 Å². The molecule has 3 atom stereocenters. The second kappa shape index (κ2) is 24.1. The third-order valence-electron chi connectivity index (χ3n) is 8.53. The van der Waals surface area contributed by atoms with Gasteiger partial charge in [-0.05, 0) is 55.2 Å². The molecule has 0 unspecified atom stereocenters. The second-order valence-electron chi connectivity index (χ2n) is 12.7. The maximum Gasteiger partial charge on any atom is 0.407 e. The molecular formula is C42H53N3O7. The van der Waals surface area contributed by atoms with Crippen molar-refractivity contribution in [2.75, 3.05) is 26.3 Å². The van der Waals surface area contributed by atoms with E-state index >= 15 is 0 Å². The topological polar surface area (TPSA) is 134 Å². The fraction of sp³-hybridized carbons (Fsp3) is 0.381. The molecule has 0 spiro atoms. The van der Waals surface area contributed by atoms with Crippen LogP contribution in [0.15, 0.2) is 116 Å². The van der Waals surface area contributed by atoms with E-state index in [1.54, 1.807) is 17.1 Å². The van der Waals surface area contributed by atoms with Gasteiger partial charge < -0.3 is 30.1 Å². The zero-order valence-corrected chi connectivity index (χ0v) is 30.0. The zero-order valence-electron chi connectivity index (χ0n) is 30.0. The van der Waals surface area contributed by atoms with Gasteiger partial charge >= 0.3 is 12.1 Å². The number of nitrogens with one attached hydrogen (secondary N) is 2. The number of allylic oxidation sites excluding steroid dienone is 2. The molecule has 0 radical (unpaired) electrons. The fourth-order valence-electron chi connectivity index (χ4n) is 5.70. The van der Waals surface area contributed by atoms with Crippen LogP contribution in [0.25, 0.3) is 0 Å². The zero-order chi connectivity index (χ0) is 37.4. The molecule has 0 aromatic heterocycles. The molecule has 0 aliphatic heterocycles. The first-order valence-electron chi connectivity index (χ1n) is 17.9. The van der Waals surface area contributed by atoms with Crippen molar-refractivity contribution >= 4 is 23.9 Å². The lowest BCUT2D eigenvalue weighted by molar-refractivity contribution is -0.150. The number of aliphatic hydroxyl groups is 1. The Morgan fingerprint density at radius 1 is 0.769 bits per heavy atom. The maximum absolute atomic E-state index is 13.7. The minimum absolute atomic E-state index is 0.0566. The molecule has 0 aliphatic rings. The molecule has 0 aliphatic carbocycles. The van der Waals surface area contributed by atoms with Crippen LogP contribution in [0, 0.1) is 11.8 Å². The van der Waals surface area contributed by atoms with Gasteiger partial charge in [0.15, 0.2) is 0 Å². The quantitative estimate of drug-likeness (QED) is 0.0577. The highest BCUT2D eigenvalue weighted by Crippen LogP contribution is 2.18. The predicted molar refractivity (Wildman–Crippen MR) is 202 cm³/mol. The molecule has 278 valence electrons. The highest BCUT2D eigenvalue weighted by atomic mass is 16.5. The summed E-state index contributed by atoms with van der Waals surface area (Å²) in [6.07, 6.45) is 5.55. The van der Waals surface area contributed by atoms with Crippen molar-refractivity contribution in [2.24, 2.45) is 11.8 Å². The molecule has 10 heteroatoms. The first-order chi connectivity index (χ1) is 25.3. The monoisotopic (exact) mass is 711 g/mol. The molecule has 3 aromatic rings. The molecule has 0 heterocycles. The van der Waals surface area contributed by atoms with Gasteiger partial charge in [-0.3, -0.25) is 14.4 Å². The highest BCUT2D eigenvalue weighted by Gasteiger charge is 2.27. The van der Waals surface area contributed by atoms with Crippen molar-refractivity contribution in [1.82, 2.24) is 15.5 Å².